The molecule has 0 spiro atoms. The van der Waals surface area contributed by atoms with Crippen molar-refractivity contribution in [3.05, 3.63) is 164 Å². The van der Waals surface area contributed by atoms with Crippen LogP contribution in [0.15, 0.2) is 116 Å². The van der Waals surface area contributed by atoms with E-state index in [-0.39, 0.29) is 21.2 Å². The number of benzene rings is 5. The molecule has 0 fully saturated rings. The summed E-state index contributed by atoms with van der Waals surface area (Å²) in [5, 5.41) is 22.5. The number of nitro groups is 2. The van der Waals surface area contributed by atoms with Crippen LogP contribution in [0.25, 0.3) is 33.4 Å². The molecule has 5 aromatic carbocycles. The fourth-order valence-electron chi connectivity index (χ4n) is 6.58. The molecule has 0 saturated heterocycles. The Morgan fingerprint density at radius 3 is 1.34 bits per heavy atom. The van der Waals surface area contributed by atoms with Gasteiger partial charge in [-0.25, -0.2) is 9.13 Å². The second-order valence-electron chi connectivity index (χ2n) is 11.8. The van der Waals surface area contributed by atoms with Crippen LogP contribution < -0.4 is 9.13 Å². The van der Waals surface area contributed by atoms with E-state index in [1.165, 1.54) is 52.1 Å². The first kappa shape index (κ1) is 29.5. The number of aryl methyl sites for hydroxylation is 2. The zero-order chi connectivity index (χ0) is 32.8. The predicted molar refractivity (Wildman–Crippen MR) is 179 cm³/mol. The Balaban J connectivity index is 1.28. The van der Waals surface area contributed by atoms with Gasteiger partial charge >= 0.3 is 0 Å². The van der Waals surface area contributed by atoms with E-state index in [4.69, 9.17) is 0 Å². The highest BCUT2D eigenvalue weighted by Gasteiger charge is 2.23. The molecular formula is C37H32N6O4+2. The zero-order valence-corrected chi connectivity index (χ0v) is 26.2. The average Bonchev–Trinajstić information content (AvgIpc) is 3.63. The highest BCUT2D eigenvalue weighted by atomic mass is 16.6. The van der Waals surface area contributed by atoms with Gasteiger partial charge < -0.3 is 0 Å². The molecule has 0 unspecified atom stereocenters. The van der Waals surface area contributed by atoms with Crippen LogP contribution in [0.2, 0.25) is 0 Å². The molecule has 0 atom stereocenters. The van der Waals surface area contributed by atoms with Crippen LogP contribution in [0.5, 0.6) is 0 Å². The van der Waals surface area contributed by atoms with Gasteiger partial charge in [-0.2, -0.15) is 9.13 Å². The summed E-state index contributed by atoms with van der Waals surface area (Å²) >= 11 is 0. The fourth-order valence-corrected chi connectivity index (χ4v) is 6.58. The lowest BCUT2D eigenvalue weighted by atomic mass is 9.93. The largest absolute Gasteiger partial charge is 0.269 e. The van der Waals surface area contributed by atoms with E-state index in [0.717, 1.165) is 33.4 Å². The molecule has 232 valence electrons. The number of imidazole rings is 2. The van der Waals surface area contributed by atoms with Crippen LogP contribution in [0, 0.1) is 41.0 Å². The first-order chi connectivity index (χ1) is 22.7. The van der Waals surface area contributed by atoms with Gasteiger partial charge in [-0.1, -0.05) is 30.3 Å². The van der Waals surface area contributed by atoms with Gasteiger partial charge in [0.2, 0.25) is 12.7 Å². The Morgan fingerprint density at radius 2 is 0.957 bits per heavy atom. The molecule has 0 aliphatic carbocycles. The summed E-state index contributed by atoms with van der Waals surface area (Å²) in [5.41, 5.74) is 12.1. The summed E-state index contributed by atoms with van der Waals surface area (Å²) in [5.74, 6) is 0. The lowest BCUT2D eigenvalue weighted by Gasteiger charge is -2.16. The number of nitro benzene ring substituents is 2. The van der Waals surface area contributed by atoms with Crippen molar-refractivity contribution in [2.45, 2.75) is 33.9 Å². The van der Waals surface area contributed by atoms with Gasteiger partial charge in [0.25, 0.3) is 11.4 Å². The van der Waals surface area contributed by atoms with Crippen LogP contribution in [0.4, 0.5) is 11.4 Å². The van der Waals surface area contributed by atoms with Crippen molar-refractivity contribution in [1.29, 1.82) is 0 Å². The predicted octanol–water partition coefficient (Wildman–Crippen LogP) is 6.99. The molecule has 0 amide bonds. The molecule has 0 aliphatic rings. The van der Waals surface area contributed by atoms with Gasteiger partial charge in [0, 0.05) is 24.3 Å². The van der Waals surface area contributed by atoms with E-state index >= 15 is 0 Å². The van der Waals surface area contributed by atoms with E-state index in [1.807, 2.05) is 24.3 Å². The van der Waals surface area contributed by atoms with Gasteiger partial charge in [-0.15, -0.1) is 0 Å². The van der Waals surface area contributed by atoms with Crippen LogP contribution in [-0.4, -0.2) is 19.0 Å². The maximum atomic E-state index is 11.2. The molecule has 2 aromatic heterocycles. The van der Waals surface area contributed by atoms with E-state index < -0.39 is 0 Å². The maximum absolute atomic E-state index is 11.2. The molecule has 10 heteroatoms. The summed E-state index contributed by atoms with van der Waals surface area (Å²) < 4.78 is 8.61. The summed E-state index contributed by atoms with van der Waals surface area (Å²) in [7, 11) is 0. The van der Waals surface area contributed by atoms with Crippen molar-refractivity contribution >= 4 is 33.4 Å². The third-order valence-corrected chi connectivity index (χ3v) is 9.04. The van der Waals surface area contributed by atoms with Crippen LogP contribution >= 0.6 is 0 Å². The Morgan fingerprint density at radius 1 is 0.574 bits per heavy atom. The summed E-state index contributed by atoms with van der Waals surface area (Å²) in [6.45, 7) is 7.81. The van der Waals surface area contributed by atoms with Gasteiger partial charge in [0.05, 0.1) is 9.85 Å². The molecule has 0 radical (unpaired) electrons. The number of para-hydroxylation sites is 4. The molecule has 0 N–H and O–H groups in total. The van der Waals surface area contributed by atoms with Crippen LogP contribution in [-0.2, 0) is 13.1 Å². The molecule has 0 bridgehead atoms. The maximum Gasteiger partial charge on any atom is 0.269 e. The number of non-ortho nitro benzene ring substituents is 2. The Hall–Kier alpha value is -6.16. The molecule has 0 aliphatic heterocycles. The molecule has 7 rings (SSSR count). The Labute approximate surface area is 270 Å². The number of hydrogen-bond donors (Lipinski definition) is 0. The van der Waals surface area contributed by atoms with E-state index in [1.54, 1.807) is 24.3 Å². The summed E-state index contributed by atoms with van der Waals surface area (Å²) in [6, 6.07) is 31.9. The fraction of sp³-hybridized carbons (Fsp3) is 0.135. The van der Waals surface area contributed by atoms with Gasteiger partial charge in [-0.3, -0.25) is 20.2 Å². The van der Waals surface area contributed by atoms with Crippen molar-refractivity contribution in [2.24, 2.45) is 0 Å². The number of fused-ring (bicyclic) bond motifs is 2. The van der Waals surface area contributed by atoms with Crippen molar-refractivity contribution in [1.82, 2.24) is 9.13 Å². The standard InChI is InChI=1S/C37H32N6O4/c1-25-20-26(2)33(22-39-24-41(37-11-7-5-9-35(37)39)29-14-18-31(19-15-29)43(46)47)27(3)32(25)21-38-23-40(36-10-6-4-8-34(36)38)28-12-16-30(17-13-28)42(44)45/h4-20,23-24H,21-22H2,1-3H3/q+2. The molecule has 7 aromatic rings. The smallest absolute Gasteiger partial charge is 0.258 e. The van der Waals surface area contributed by atoms with Crippen molar-refractivity contribution in [3.8, 4) is 11.4 Å². The quantitative estimate of drug-likeness (QED) is 0.103. The lowest BCUT2D eigenvalue weighted by molar-refractivity contribution is -0.664. The van der Waals surface area contributed by atoms with Crippen molar-refractivity contribution < 1.29 is 19.0 Å². The van der Waals surface area contributed by atoms with E-state index in [9.17, 15) is 20.2 Å². The molecule has 47 heavy (non-hydrogen) atoms. The van der Waals surface area contributed by atoms with Gasteiger partial charge in [0.1, 0.15) is 24.5 Å². The molecule has 0 saturated carbocycles. The third kappa shape index (κ3) is 5.29. The monoisotopic (exact) mass is 624 g/mol. The van der Waals surface area contributed by atoms with E-state index in [2.05, 4.69) is 82.0 Å². The normalized spacial score (nSPS) is 11.4. The van der Waals surface area contributed by atoms with E-state index in [0.29, 0.717) is 13.1 Å². The van der Waals surface area contributed by atoms with Crippen LogP contribution in [0.1, 0.15) is 27.8 Å². The van der Waals surface area contributed by atoms with Crippen molar-refractivity contribution in [2.75, 3.05) is 0 Å². The minimum Gasteiger partial charge on any atom is -0.258 e. The topological polar surface area (TPSA) is 104 Å². The second kappa shape index (κ2) is 11.6. The number of hydrogen-bond acceptors (Lipinski definition) is 4. The molecule has 2 heterocycles. The minimum atomic E-state index is -0.385. The first-order valence-corrected chi connectivity index (χ1v) is 15.3. The second-order valence-corrected chi connectivity index (χ2v) is 11.8. The summed E-state index contributed by atoms with van der Waals surface area (Å²) in [4.78, 5) is 21.7. The summed E-state index contributed by atoms with van der Waals surface area (Å²) in [6.07, 6.45) is 4.13. The third-order valence-electron chi connectivity index (χ3n) is 9.04. The van der Waals surface area contributed by atoms with Crippen LogP contribution in [0.3, 0.4) is 0 Å². The van der Waals surface area contributed by atoms with Crippen molar-refractivity contribution in [3.63, 3.8) is 0 Å². The van der Waals surface area contributed by atoms with Gasteiger partial charge in [0.15, 0.2) is 22.1 Å². The average molecular weight is 625 g/mol. The lowest BCUT2D eigenvalue weighted by Crippen LogP contribution is -2.36. The number of rotatable bonds is 8. The van der Waals surface area contributed by atoms with Gasteiger partial charge in [-0.05, 0) is 97.1 Å². The SMILES string of the molecule is Cc1cc(C)c(C[n+]2cn(-c3ccc([N+](=O)[O-])cc3)c3ccccc32)c(C)c1C[n+]1cn(-c2ccc([N+](=O)[O-])cc2)c2ccccc21. The Kier molecular flexibility index (Phi) is 7.32. The highest BCUT2D eigenvalue weighted by molar-refractivity contribution is 5.75. The molecule has 10 nitrogen and oxygen atoms in total. The first-order valence-electron chi connectivity index (χ1n) is 15.3. The number of nitrogens with zero attached hydrogens (tertiary/aromatic N) is 6. The number of aromatic nitrogens is 4. The molecular weight excluding hydrogens is 592 g/mol. The highest BCUT2D eigenvalue weighted by Crippen LogP contribution is 2.26. The Bertz CT molecular complexity index is 2180. The minimum absolute atomic E-state index is 0.0604. The zero-order valence-electron chi connectivity index (χ0n) is 26.2.